The lowest BCUT2D eigenvalue weighted by molar-refractivity contribution is 0.350. The van der Waals surface area contributed by atoms with Crippen molar-refractivity contribution in [1.82, 2.24) is 20.1 Å². The summed E-state index contributed by atoms with van der Waals surface area (Å²) in [4.78, 5) is 4.13. The van der Waals surface area contributed by atoms with E-state index in [-0.39, 0.29) is 0 Å². The van der Waals surface area contributed by atoms with Gasteiger partial charge in [0.05, 0.1) is 22.6 Å². The summed E-state index contributed by atoms with van der Waals surface area (Å²) < 4.78 is 2.12. The van der Waals surface area contributed by atoms with Crippen molar-refractivity contribution >= 4 is 22.5 Å². The molecule has 0 spiro atoms. The zero-order valence-corrected chi connectivity index (χ0v) is 10.5. The normalized spacial score (nSPS) is 17.8. The Kier molecular flexibility index (Phi) is 2.76. The van der Waals surface area contributed by atoms with Crippen LogP contribution in [0.2, 0.25) is 5.15 Å². The fourth-order valence-corrected chi connectivity index (χ4v) is 2.84. The SMILES string of the molecule is Cc1nn(C2CCNCC2)c2ccnc(Cl)c12. The van der Waals surface area contributed by atoms with Gasteiger partial charge in [-0.05, 0) is 38.9 Å². The van der Waals surface area contributed by atoms with E-state index in [0.29, 0.717) is 11.2 Å². The number of pyridine rings is 1. The van der Waals surface area contributed by atoms with Gasteiger partial charge in [-0.2, -0.15) is 5.10 Å². The first kappa shape index (κ1) is 11.0. The van der Waals surface area contributed by atoms with Crippen molar-refractivity contribution in [3.8, 4) is 0 Å². The first-order valence-corrected chi connectivity index (χ1v) is 6.35. The predicted octanol–water partition coefficient (Wildman–Crippen LogP) is 2.32. The van der Waals surface area contributed by atoms with Crippen LogP contribution in [0.4, 0.5) is 0 Å². The average Bonchev–Trinajstić information content (AvgIpc) is 2.69. The molecule has 0 aliphatic carbocycles. The summed E-state index contributed by atoms with van der Waals surface area (Å²) in [6, 6.07) is 2.48. The molecular weight excluding hydrogens is 236 g/mol. The molecule has 0 saturated carbocycles. The molecule has 2 aromatic rings. The molecule has 3 rings (SSSR count). The van der Waals surface area contributed by atoms with E-state index in [9.17, 15) is 0 Å². The van der Waals surface area contributed by atoms with Gasteiger partial charge in [-0.25, -0.2) is 4.98 Å². The molecule has 3 heterocycles. The van der Waals surface area contributed by atoms with Crippen LogP contribution in [0.1, 0.15) is 24.6 Å². The lowest BCUT2D eigenvalue weighted by atomic mass is 10.1. The third-order valence-corrected chi connectivity index (χ3v) is 3.69. The molecule has 90 valence electrons. The van der Waals surface area contributed by atoms with E-state index in [0.717, 1.165) is 42.5 Å². The number of hydrogen-bond acceptors (Lipinski definition) is 3. The number of rotatable bonds is 1. The van der Waals surface area contributed by atoms with Gasteiger partial charge in [-0.15, -0.1) is 0 Å². The Labute approximate surface area is 105 Å². The van der Waals surface area contributed by atoms with Gasteiger partial charge in [0.2, 0.25) is 0 Å². The molecule has 4 nitrogen and oxygen atoms in total. The number of nitrogens with one attached hydrogen (secondary N) is 1. The lowest BCUT2D eigenvalue weighted by Crippen LogP contribution is -2.29. The number of halogens is 1. The maximum atomic E-state index is 6.14. The number of piperidine rings is 1. The van der Waals surface area contributed by atoms with Crippen molar-refractivity contribution < 1.29 is 0 Å². The molecule has 0 radical (unpaired) electrons. The van der Waals surface area contributed by atoms with Crippen molar-refractivity contribution in [1.29, 1.82) is 0 Å². The molecule has 1 N–H and O–H groups in total. The summed E-state index contributed by atoms with van der Waals surface area (Å²) in [6.07, 6.45) is 4.00. The van der Waals surface area contributed by atoms with Gasteiger partial charge in [0.25, 0.3) is 0 Å². The highest BCUT2D eigenvalue weighted by molar-refractivity contribution is 6.34. The number of hydrogen-bond donors (Lipinski definition) is 1. The number of aromatic nitrogens is 3. The molecule has 0 bridgehead atoms. The summed E-state index contributed by atoms with van der Waals surface area (Å²) in [7, 11) is 0. The van der Waals surface area contributed by atoms with Crippen molar-refractivity contribution in [2.75, 3.05) is 13.1 Å². The highest BCUT2D eigenvalue weighted by Gasteiger charge is 2.20. The van der Waals surface area contributed by atoms with Crippen LogP contribution in [-0.2, 0) is 0 Å². The number of aryl methyl sites for hydroxylation is 1. The molecule has 0 amide bonds. The fraction of sp³-hybridized carbons (Fsp3) is 0.500. The summed E-state index contributed by atoms with van der Waals surface area (Å²) in [5, 5.41) is 9.56. The largest absolute Gasteiger partial charge is 0.317 e. The molecule has 17 heavy (non-hydrogen) atoms. The fourth-order valence-electron chi connectivity index (χ4n) is 2.55. The quantitative estimate of drug-likeness (QED) is 0.790. The molecular formula is C12H15ClN4. The van der Waals surface area contributed by atoms with Crippen LogP contribution in [0.5, 0.6) is 0 Å². The molecule has 1 fully saturated rings. The van der Waals surface area contributed by atoms with E-state index in [1.807, 2.05) is 13.0 Å². The highest BCUT2D eigenvalue weighted by Crippen LogP contribution is 2.29. The monoisotopic (exact) mass is 250 g/mol. The van der Waals surface area contributed by atoms with E-state index in [1.165, 1.54) is 0 Å². The molecule has 2 aromatic heterocycles. The van der Waals surface area contributed by atoms with Gasteiger partial charge in [-0.1, -0.05) is 11.6 Å². The topological polar surface area (TPSA) is 42.7 Å². The molecule has 0 aromatic carbocycles. The average molecular weight is 251 g/mol. The second kappa shape index (κ2) is 4.27. The maximum Gasteiger partial charge on any atom is 0.140 e. The molecule has 0 atom stereocenters. The lowest BCUT2D eigenvalue weighted by Gasteiger charge is -2.23. The smallest absolute Gasteiger partial charge is 0.140 e. The van der Waals surface area contributed by atoms with Crippen molar-refractivity contribution in [2.24, 2.45) is 0 Å². The van der Waals surface area contributed by atoms with Crippen LogP contribution in [0, 0.1) is 6.92 Å². The minimum absolute atomic E-state index is 0.478. The minimum atomic E-state index is 0.478. The van der Waals surface area contributed by atoms with Crippen molar-refractivity contribution in [3.05, 3.63) is 23.1 Å². The van der Waals surface area contributed by atoms with Crippen molar-refractivity contribution in [2.45, 2.75) is 25.8 Å². The maximum absolute atomic E-state index is 6.14. The molecule has 1 aliphatic heterocycles. The highest BCUT2D eigenvalue weighted by atomic mass is 35.5. The molecule has 1 aliphatic rings. The third-order valence-electron chi connectivity index (χ3n) is 3.40. The van der Waals surface area contributed by atoms with Crippen LogP contribution in [0.15, 0.2) is 12.3 Å². The Morgan fingerprint density at radius 1 is 1.41 bits per heavy atom. The van der Waals surface area contributed by atoms with Gasteiger partial charge < -0.3 is 5.32 Å². The van der Waals surface area contributed by atoms with E-state index in [1.54, 1.807) is 6.20 Å². The van der Waals surface area contributed by atoms with Gasteiger partial charge >= 0.3 is 0 Å². The minimum Gasteiger partial charge on any atom is -0.317 e. The standard InChI is InChI=1S/C12H15ClN4/c1-8-11-10(4-7-15-12(11)13)17(16-8)9-2-5-14-6-3-9/h4,7,9,14H,2-3,5-6H2,1H3. The third kappa shape index (κ3) is 1.81. The zero-order chi connectivity index (χ0) is 11.8. The molecule has 0 unspecified atom stereocenters. The first-order valence-electron chi connectivity index (χ1n) is 5.97. The predicted molar refractivity (Wildman–Crippen MR) is 68.4 cm³/mol. The van der Waals surface area contributed by atoms with Crippen LogP contribution in [-0.4, -0.2) is 27.9 Å². The van der Waals surface area contributed by atoms with Crippen LogP contribution >= 0.6 is 11.6 Å². The Balaban J connectivity index is 2.13. The molecule has 1 saturated heterocycles. The summed E-state index contributed by atoms with van der Waals surface area (Å²) >= 11 is 6.14. The zero-order valence-electron chi connectivity index (χ0n) is 9.78. The van der Waals surface area contributed by atoms with E-state index >= 15 is 0 Å². The molecule has 5 heteroatoms. The second-order valence-corrected chi connectivity index (χ2v) is 4.87. The van der Waals surface area contributed by atoms with Gasteiger partial charge in [0.15, 0.2) is 0 Å². The van der Waals surface area contributed by atoms with E-state index in [4.69, 9.17) is 11.6 Å². The Hall–Kier alpha value is -1.13. The summed E-state index contributed by atoms with van der Waals surface area (Å²) in [5.74, 6) is 0. The van der Waals surface area contributed by atoms with E-state index in [2.05, 4.69) is 20.1 Å². The van der Waals surface area contributed by atoms with Crippen LogP contribution < -0.4 is 5.32 Å². The van der Waals surface area contributed by atoms with Gasteiger partial charge in [0, 0.05) is 6.20 Å². The Morgan fingerprint density at radius 3 is 2.94 bits per heavy atom. The number of nitrogens with zero attached hydrogens (tertiary/aromatic N) is 3. The van der Waals surface area contributed by atoms with Gasteiger partial charge in [-0.3, -0.25) is 4.68 Å². The Bertz CT molecular complexity index is 543. The number of fused-ring (bicyclic) bond motifs is 1. The summed E-state index contributed by atoms with van der Waals surface area (Å²) in [6.45, 7) is 4.11. The van der Waals surface area contributed by atoms with Crippen molar-refractivity contribution in [3.63, 3.8) is 0 Å². The van der Waals surface area contributed by atoms with Gasteiger partial charge in [0.1, 0.15) is 5.15 Å². The van der Waals surface area contributed by atoms with Crippen LogP contribution in [0.3, 0.4) is 0 Å². The summed E-state index contributed by atoms with van der Waals surface area (Å²) in [5.41, 5.74) is 2.08. The Morgan fingerprint density at radius 2 is 2.18 bits per heavy atom. The second-order valence-electron chi connectivity index (χ2n) is 4.51. The first-order chi connectivity index (χ1) is 8.27. The van der Waals surface area contributed by atoms with E-state index < -0.39 is 0 Å². The van der Waals surface area contributed by atoms with Crippen LogP contribution in [0.25, 0.3) is 10.9 Å².